The molecule has 0 atom stereocenters. The van der Waals surface area contributed by atoms with Crippen molar-refractivity contribution in [3.8, 4) is 11.1 Å². The van der Waals surface area contributed by atoms with Crippen molar-refractivity contribution in [2.24, 2.45) is 0 Å². The number of pyridine rings is 1. The Morgan fingerprint density at radius 3 is 2.37 bits per heavy atom. The molecule has 0 aliphatic carbocycles. The van der Waals surface area contributed by atoms with Gasteiger partial charge in [0.2, 0.25) is 0 Å². The Labute approximate surface area is 129 Å². The number of rotatable bonds is 1. The molecule has 0 spiro atoms. The molecule has 1 heterocycles. The van der Waals surface area contributed by atoms with Gasteiger partial charge in [0.15, 0.2) is 0 Å². The summed E-state index contributed by atoms with van der Waals surface area (Å²) in [5.74, 6) is 0. The number of fused-ring (bicyclic) bond motifs is 1. The zero-order valence-electron chi connectivity index (χ0n) is 9.70. The Morgan fingerprint density at radius 2 is 1.63 bits per heavy atom. The van der Waals surface area contributed by atoms with Crippen LogP contribution in [0.3, 0.4) is 0 Å². The van der Waals surface area contributed by atoms with E-state index in [0.717, 1.165) is 26.4 Å². The first-order valence-electron chi connectivity index (χ1n) is 5.64. The van der Waals surface area contributed by atoms with Crippen molar-refractivity contribution in [1.82, 2.24) is 4.98 Å². The molecule has 0 radical (unpaired) electrons. The maximum Gasteiger partial charge on any atom is 0.0437 e. The fraction of sp³-hybridized carbons (Fsp3) is 0. The van der Waals surface area contributed by atoms with E-state index in [1.54, 1.807) is 12.3 Å². The molecule has 0 aliphatic rings. The molecule has 19 heavy (non-hydrogen) atoms. The summed E-state index contributed by atoms with van der Waals surface area (Å²) in [6.07, 6.45) is 3.64. The Morgan fingerprint density at radius 1 is 0.895 bits per heavy atom. The summed E-state index contributed by atoms with van der Waals surface area (Å²) in [4.78, 5) is 4.23. The molecule has 0 amide bonds. The maximum absolute atomic E-state index is 6.07. The average Bonchev–Trinajstić information content (AvgIpc) is 2.37. The number of aromatic nitrogens is 1. The van der Waals surface area contributed by atoms with Crippen molar-refractivity contribution in [2.75, 3.05) is 0 Å². The quantitative estimate of drug-likeness (QED) is 0.525. The third-order valence-electron chi connectivity index (χ3n) is 2.93. The highest BCUT2D eigenvalue weighted by atomic mass is 79.9. The third kappa shape index (κ3) is 2.48. The van der Waals surface area contributed by atoms with Crippen molar-refractivity contribution in [2.45, 2.75) is 0 Å². The zero-order valence-corrected chi connectivity index (χ0v) is 12.8. The van der Waals surface area contributed by atoms with Gasteiger partial charge in [-0.3, -0.25) is 4.98 Å². The number of nitrogens with zero attached hydrogens (tertiary/aromatic N) is 1. The maximum atomic E-state index is 6.07. The van der Waals surface area contributed by atoms with E-state index >= 15 is 0 Å². The van der Waals surface area contributed by atoms with E-state index < -0.39 is 0 Å². The van der Waals surface area contributed by atoms with Crippen LogP contribution in [0.2, 0.25) is 10.0 Å². The van der Waals surface area contributed by atoms with Crippen LogP contribution in [-0.4, -0.2) is 4.98 Å². The molecule has 94 valence electrons. The summed E-state index contributed by atoms with van der Waals surface area (Å²) in [7, 11) is 0. The van der Waals surface area contributed by atoms with Crippen LogP contribution < -0.4 is 0 Å². The minimum Gasteiger partial charge on any atom is -0.263 e. The van der Waals surface area contributed by atoms with E-state index in [-0.39, 0.29) is 0 Å². The molecule has 0 N–H and O–H groups in total. The molecule has 3 rings (SSSR count). The van der Waals surface area contributed by atoms with Gasteiger partial charge >= 0.3 is 0 Å². The lowest BCUT2D eigenvalue weighted by Crippen LogP contribution is -1.84. The van der Waals surface area contributed by atoms with Gasteiger partial charge in [0.1, 0.15) is 0 Å². The summed E-state index contributed by atoms with van der Waals surface area (Å²) in [6, 6.07) is 11.6. The Kier molecular flexibility index (Phi) is 3.48. The molecule has 1 nitrogen and oxygen atoms in total. The van der Waals surface area contributed by atoms with Crippen molar-refractivity contribution in [3.63, 3.8) is 0 Å². The number of hydrogen-bond donors (Lipinski definition) is 0. The van der Waals surface area contributed by atoms with Gasteiger partial charge in [0, 0.05) is 32.3 Å². The minimum absolute atomic E-state index is 0.627. The van der Waals surface area contributed by atoms with E-state index in [0.29, 0.717) is 10.0 Å². The summed E-state index contributed by atoms with van der Waals surface area (Å²) < 4.78 is 0.972. The van der Waals surface area contributed by atoms with E-state index in [9.17, 15) is 0 Å². The lowest BCUT2D eigenvalue weighted by molar-refractivity contribution is 1.35. The van der Waals surface area contributed by atoms with E-state index in [1.807, 2.05) is 30.5 Å². The van der Waals surface area contributed by atoms with Crippen molar-refractivity contribution in [1.29, 1.82) is 0 Å². The smallest absolute Gasteiger partial charge is 0.0437 e. The first-order chi connectivity index (χ1) is 9.15. The first-order valence-corrected chi connectivity index (χ1v) is 7.19. The lowest BCUT2D eigenvalue weighted by Gasteiger charge is -2.08. The van der Waals surface area contributed by atoms with Crippen molar-refractivity contribution in [3.05, 3.63) is 63.3 Å². The van der Waals surface area contributed by atoms with Crippen LogP contribution in [0.1, 0.15) is 0 Å². The monoisotopic (exact) mass is 351 g/mol. The van der Waals surface area contributed by atoms with E-state index in [2.05, 4.69) is 27.0 Å². The van der Waals surface area contributed by atoms with Gasteiger partial charge in [-0.05, 0) is 50.6 Å². The van der Waals surface area contributed by atoms with Gasteiger partial charge in [-0.1, -0.05) is 41.4 Å². The zero-order chi connectivity index (χ0) is 13.4. The summed E-state index contributed by atoms with van der Waals surface area (Å²) in [5.41, 5.74) is 2.05. The molecule has 0 saturated heterocycles. The largest absolute Gasteiger partial charge is 0.263 e. The van der Waals surface area contributed by atoms with Gasteiger partial charge < -0.3 is 0 Å². The van der Waals surface area contributed by atoms with Crippen LogP contribution in [0.4, 0.5) is 0 Å². The van der Waals surface area contributed by atoms with Crippen LogP contribution >= 0.6 is 39.1 Å². The summed E-state index contributed by atoms with van der Waals surface area (Å²) in [6.45, 7) is 0. The molecule has 1 aromatic heterocycles. The van der Waals surface area contributed by atoms with Crippen LogP contribution in [0.15, 0.2) is 53.3 Å². The molecule has 4 heteroatoms. The molecule has 0 fully saturated rings. The predicted molar refractivity (Wildman–Crippen MR) is 84.9 cm³/mol. The van der Waals surface area contributed by atoms with Gasteiger partial charge in [-0.25, -0.2) is 0 Å². The highest BCUT2D eigenvalue weighted by Gasteiger charge is 2.07. The summed E-state index contributed by atoms with van der Waals surface area (Å²) in [5, 5.41) is 3.43. The molecular weight excluding hydrogens is 345 g/mol. The number of benzene rings is 2. The van der Waals surface area contributed by atoms with Crippen LogP contribution in [0, 0.1) is 0 Å². The molecule has 0 aliphatic heterocycles. The van der Waals surface area contributed by atoms with Crippen molar-refractivity contribution < 1.29 is 0 Å². The molecular formula is C15H8BrCl2N. The fourth-order valence-corrected chi connectivity index (χ4v) is 3.11. The number of halogens is 3. The predicted octanol–water partition coefficient (Wildman–Crippen LogP) is 5.97. The van der Waals surface area contributed by atoms with E-state index in [4.69, 9.17) is 23.2 Å². The molecule has 0 saturated carbocycles. The van der Waals surface area contributed by atoms with Gasteiger partial charge in [-0.2, -0.15) is 0 Å². The Hall–Kier alpha value is -1.09. The van der Waals surface area contributed by atoms with Gasteiger partial charge in [0.05, 0.1) is 0 Å². The average molecular weight is 353 g/mol. The second kappa shape index (κ2) is 5.12. The number of hydrogen-bond acceptors (Lipinski definition) is 1. The highest BCUT2D eigenvalue weighted by molar-refractivity contribution is 9.10. The van der Waals surface area contributed by atoms with Gasteiger partial charge in [-0.15, -0.1) is 0 Å². The SMILES string of the molecule is Clc1cc(Cl)cc(-c2cccc3c(Br)cncc23)c1. The Bertz CT molecular complexity index is 751. The first kappa shape index (κ1) is 12.9. The second-order valence-electron chi connectivity index (χ2n) is 4.18. The van der Waals surface area contributed by atoms with Crippen molar-refractivity contribution >= 4 is 49.9 Å². The molecule has 0 bridgehead atoms. The molecule has 3 aromatic rings. The van der Waals surface area contributed by atoms with Crippen LogP contribution in [-0.2, 0) is 0 Å². The second-order valence-corrected chi connectivity index (χ2v) is 5.91. The standard InChI is InChI=1S/C15H8BrCl2N/c16-15-8-19-7-14-12(2-1-3-13(14)15)9-4-10(17)6-11(18)5-9/h1-8H. The lowest BCUT2D eigenvalue weighted by atomic mass is 10.00. The topological polar surface area (TPSA) is 12.9 Å². The minimum atomic E-state index is 0.627. The normalized spacial score (nSPS) is 10.9. The van der Waals surface area contributed by atoms with E-state index in [1.165, 1.54) is 0 Å². The molecule has 0 unspecified atom stereocenters. The summed E-state index contributed by atoms with van der Waals surface area (Å²) >= 11 is 15.7. The fourth-order valence-electron chi connectivity index (χ4n) is 2.12. The van der Waals surface area contributed by atoms with Gasteiger partial charge in [0.25, 0.3) is 0 Å². The van der Waals surface area contributed by atoms with Crippen LogP contribution in [0.5, 0.6) is 0 Å². The molecule has 2 aromatic carbocycles. The highest BCUT2D eigenvalue weighted by Crippen LogP contribution is 2.34. The Balaban J connectivity index is 2.33. The third-order valence-corrected chi connectivity index (χ3v) is 4.00. The van der Waals surface area contributed by atoms with Crippen LogP contribution in [0.25, 0.3) is 21.9 Å².